The van der Waals surface area contributed by atoms with Crippen LogP contribution < -0.4 is 10.1 Å². The number of carbonyl (C=O) groups is 2. The molecule has 2 rings (SSSR count). The van der Waals surface area contributed by atoms with E-state index in [1.165, 1.54) is 0 Å². The van der Waals surface area contributed by atoms with Gasteiger partial charge in [-0.2, -0.15) is 0 Å². The number of ether oxygens (including phenoxy) is 1. The summed E-state index contributed by atoms with van der Waals surface area (Å²) < 4.78 is 5.28. The average Bonchev–Trinajstić information content (AvgIpc) is 2.74. The van der Waals surface area contributed by atoms with Crippen molar-refractivity contribution in [3.05, 3.63) is 63.6 Å². The molecular weight excluding hydrogens is 423 g/mol. The number of nitrogens with zero attached hydrogens (tertiary/aromatic N) is 1. The first kappa shape index (κ1) is 24.0. The van der Waals surface area contributed by atoms with Crippen LogP contribution >= 0.6 is 23.2 Å². The summed E-state index contributed by atoms with van der Waals surface area (Å²) in [7, 11) is 1.59. The number of benzene rings is 2. The number of methoxy groups -OCH3 is 1. The number of carbonyl (C=O) groups excluding carboxylic acids is 2. The van der Waals surface area contributed by atoms with Crippen LogP contribution in [0, 0.1) is 0 Å². The Morgan fingerprint density at radius 2 is 1.80 bits per heavy atom. The molecule has 5 nitrogen and oxygen atoms in total. The maximum atomic E-state index is 13.2. The van der Waals surface area contributed by atoms with Crippen LogP contribution in [0.25, 0.3) is 0 Å². The molecular formula is C23H28Cl2N2O3. The van der Waals surface area contributed by atoms with Crippen molar-refractivity contribution in [1.29, 1.82) is 0 Å². The Morgan fingerprint density at radius 3 is 2.43 bits per heavy atom. The largest absolute Gasteiger partial charge is 0.497 e. The van der Waals surface area contributed by atoms with Gasteiger partial charge in [0.05, 0.1) is 13.5 Å². The fourth-order valence-electron chi connectivity index (χ4n) is 3.04. The summed E-state index contributed by atoms with van der Waals surface area (Å²) >= 11 is 12.5. The van der Waals surface area contributed by atoms with E-state index >= 15 is 0 Å². The lowest BCUT2D eigenvalue weighted by Crippen LogP contribution is -2.48. The molecule has 0 aliphatic carbocycles. The molecule has 7 heteroatoms. The van der Waals surface area contributed by atoms with Gasteiger partial charge in [-0.3, -0.25) is 9.59 Å². The molecule has 0 spiro atoms. The van der Waals surface area contributed by atoms with Crippen molar-refractivity contribution in [2.24, 2.45) is 0 Å². The molecule has 0 aliphatic rings. The summed E-state index contributed by atoms with van der Waals surface area (Å²) in [4.78, 5) is 27.5. The van der Waals surface area contributed by atoms with Crippen molar-refractivity contribution < 1.29 is 14.3 Å². The zero-order chi connectivity index (χ0) is 22.1. The highest BCUT2D eigenvalue weighted by molar-refractivity contribution is 6.36. The van der Waals surface area contributed by atoms with Gasteiger partial charge in [0.1, 0.15) is 11.8 Å². The van der Waals surface area contributed by atoms with Crippen molar-refractivity contribution in [2.75, 3.05) is 13.7 Å². The van der Waals surface area contributed by atoms with Gasteiger partial charge in [0.2, 0.25) is 11.8 Å². The minimum Gasteiger partial charge on any atom is -0.497 e. The van der Waals surface area contributed by atoms with E-state index < -0.39 is 6.04 Å². The van der Waals surface area contributed by atoms with Crippen molar-refractivity contribution >= 4 is 35.0 Å². The van der Waals surface area contributed by atoms with E-state index in [9.17, 15) is 9.59 Å². The second-order valence-corrected chi connectivity index (χ2v) is 7.89. The number of amides is 2. The van der Waals surface area contributed by atoms with Crippen LogP contribution in [0.5, 0.6) is 5.75 Å². The smallest absolute Gasteiger partial charge is 0.242 e. The molecule has 0 saturated carbocycles. The van der Waals surface area contributed by atoms with Gasteiger partial charge >= 0.3 is 0 Å². The monoisotopic (exact) mass is 450 g/mol. The Hall–Kier alpha value is -2.24. The first-order valence-corrected chi connectivity index (χ1v) is 10.8. The topological polar surface area (TPSA) is 58.6 Å². The number of hydrogen-bond acceptors (Lipinski definition) is 3. The summed E-state index contributed by atoms with van der Waals surface area (Å²) in [5.41, 5.74) is 1.42. The first-order chi connectivity index (χ1) is 14.4. The zero-order valence-corrected chi connectivity index (χ0v) is 19.1. The van der Waals surface area contributed by atoms with Crippen molar-refractivity contribution in [3.63, 3.8) is 0 Å². The number of rotatable bonds is 10. The first-order valence-electron chi connectivity index (χ1n) is 10.00. The predicted octanol–water partition coefficient (Wildman–Crippen LogP) is 4.88. The molecule has 1 atom stereocenters. The van der Waals surface area contributed by atoms with Crippen LogP contribution in [0.2, 0.25) is 10.0 Å². The van der Waals surface area contributed by atoms with E-state index in [0.29, 0.717) is 27.9 Å². The minimum atomic E-state index is -0.651. The molecule has 0 radical (unpaired) electrons. The highest BCUT2D eigenvalue weighted by atomic mass is 35.5. The lowest BCUT2D eigenvalue weighted by Gasteiger charge is -2.29. The van der Waals surface area contributed by atoms with Gasteiger partial charge in [-0.25, -0.2) is 0 Å². The van der Waals surface area contributed by atoms with Gasteiger partial charge in [0, 0.05) is 23.1 Å². The number of hydrogen-bond donors (Lipinski definition) is 1. The predicted molar refractivity (Wildman–Crippen MR) is 121 cm³/mol. The molecule has 1 unspecified atom stereocenters. The minimum absolute atomic E-state index is 0.00898. The molecule has 162 valence electrons. The fourth-order valence-corrected chi connectivity index (χ4v) is 3.57. The number of unbranched alkanes of at least 4 members (excludes halogenated alkanes) is 1. The summed E-state index contributed by atoms with van der Waals surface area (Å²) in [6.07, 6.45) is 1.87. The van der Waals surface area contributed by atoms with Gasteiger partial charge in [0.25, 0.3) is 0 Å². The van der Waals surface area contributed by atoms with E-state index in [1.54, 1.807) is 37.1 Å². The molecule has 2 aromatic carbocycles. The van der Waals surface area contributed by atoms with E-state index in [0.717, 1.165) is 18.4 Å². The van der Waals surface area contributed by atoms with E-state index in [1.807, 2.05) is 24.3 Å². The molecule has 0 aliphatic heterocycles. The Kier molecular flexibility index (Phi) is 9.47. The quantitative estimate of drug-likeness (QED) is 0.524. The van der Waals surface area contributed by atoms with Gasteiger partial charge in [-0.05, 0) is 48.7 Å². The highest BCUT2D eigenvalue weighted by Gasteiger charge is 2.27. The fraction of sp³-hybridized carbons (Fsp3) is 0.391. The second-order valence-electron chi connectivity index (χ2n) is 7.07. The zero-order valence-electron chi connectivity index (χ0n) is 17.6. The highest BCUT2D eigenvalue weighted by Crippen LogP contribution is 2.26. The van der Waals surface area contributed by atoms with Crippen LogP contribution in [0.4, 0.5) is 0 Å². The lowest BCUT2D eigenvalue weighted by atomic mass is 10.1. The van der Waals surface area contributed by atoms with Gasteiger partial charge in [0.15, 0.2) is 0 Å². The normalized spacial score (nSPS) is 11.6. The van der Waals surface area contributed by atoms with Crippen molar-refractivity contribution in [1.82, 2.24) is 10.2 Å². The SMILES string of the molecule is CCCCNC(=O)C(C)N(Cc1cccc(OC)c1)C(=O)Cc1c(Cl)cccc1Cl. The molecule has 0 aromatic heterocycles. The van der Waals surface area contributed by atoms with E-state index in [4.69, 9.17) is 27.9 Å². The third-order valence-corrected chi connectivity index (χ3v) is 5.58. The Balaban J connectivity index is 2.26. The van der Waals surface area contributed by atoms with Gasteiger partial charge in [-0.1, -0.05) is 54.7 Å². The molecule has 2 amide bonds. The average molecular weight is 451 g/mol. The van der Waals surface area contributed by atoms with Crippen LogP contribution in [0.1, 0.15) is 37.8 Å². The van der Waals surface area contributed by atoms with E-state index in [2.05, 4.69) is 12.2 Å². The molecule has 0 heterocycles. The summed E-state index contributed by atoms with van der Waals surface area (Å²) in [5, 5.41) is 3.76. The van der Waals surface area contributed by atoms with Crippen LogP contribution in [-0.2, 0) is 22.6 Å². The van der Waals surface area contributed by atoms with Crippen LogP contribution in [0.15, 0.2) is 42.5 Å². The maximum absolute atomic E-state index is 13.2. The maximum Gasteiger partial charge on any atom is 0.242 e. The molecule has 2 aromatic rings. The standard InChI is InChI=1S/C23H28Cl2N2O3/c1-4-5-12-26-23(29)16(2)27(15-17-8-6-9-18(13-17)30-3)22(28)14-19-20(24)10-7-11-21(19)25/h6-11,13,16H,4-5,12,14-15H2,1-3H3,(H,26,29). The van der Waals surface area contributed by atoms with Crippen LogP contribution in [0.3, 0.4) is 0 Å². The third-order valence-electron chi connectivity index (χ3n) is 4.87. The third kappa shape index (κ3) is 6.64. The number of halogens is 2. The van der Waals surface area contributed by atoms with Crippen LogP contribution in [-0.4, -0.2) is 36.4 Å². The summed E-state index contributed by atoms with van der Waals surface area (Å²) in [6, 6.07) is 11.9. The Labute approximate surface area is 188 Å². The Bertz CT molecular complexity index is 853. The van der Waals surface area contributed by atoms with Crippen molar-refractivity contribution in [2.45, 2.75) is 45.7 Å². The Morgan fingerprint density at radius 1 is 1.13 bits per heavy atom. The van der Waals surface area contributed by atoms with E-state index in [-0.39, 0.29) is 24.8 Å². The van der Waals surface area contributed by atoms with Crippen molar-refractivity contribution in [3.8, 4) is 5.75 Å². The molecule has 0 fully saturated rings. The molecule has 0 saturated heterocycles. The second kappa shape index (κ2) is 11.8. The van der Waals surface area contributed by atoms with Gasteiger partial charge in [-0.15, -0.1) is 0 Å². The number of nitrogens with one attached hydrogen (secondary N) is 1. The molecule has 0 bridgehead atoms. The summed E-state index contributed by atoms with van der Waals surface area (Å²) in [5.74, 6) is 0.269. The lowest BCUT2D eigenvalue weighted by molar-refractivity contribution is -0.140. The van der Waals surface area contributed by atoms with Gasteiger partial charge < -0.3 is 15.0 Å². The summed E-state index contributed by atoms with van der Waals surface area (Å²) in [6.45, 7) is 4.63. The molecule has 1 N–H and O–H groups in total. The molecule has 30 heavy (non-hydrogen) atoms.